The van der Waals surface area contributed by atoms with E-state index in [-0.39, 0.29) is 23.6 Å². The molecule has 2 saturated heterocycles. The lowest BCUT2D eigenvalue weighted by molar-refractivity contribution is -0.132. The molecular formula is C34H39ClN4O3. The van der Waals surface area contributed by atoms with E-state index in [0.717, 1.165) is 63.0 Å². The zero-order valence-electron chi connectivity index (χ0n) is 24.2. The van der Waals surface area contributed by atoms with Crippen LogP contribution in [0.25, 0.3) is 0 Å². The summed E-state index contributed by atoms with van der Waals surface area (Å²) in [6.45, 7) is 6.18. The fourth-order valence-electron chi connectivity index (χ4n) is 5.97. The molecule has 1 atom stereocenters. The summed E-state index contributed by atoms with van der Waals surface area (Å²) >= 11 is 5.99. The molecule has 7 nitrogen and oxygen atoms in total. The largest absolute Gasteiger partial charge is 0.369 e. The molecule has 0 radical (unpaired) electrons. The number of halogens is 1. The van der Waals surface area contributed by atoms with E-state index in [1.54, 1.807) is 30.3 Å². The number of hydrogen-bond acceptors (Lipinski definition) is 4. The zero-order chi connectivity index (χ0) is 29.5. The minimum Gasteiger partial charge on any atom is -0.369 e. The smallest absolute Gasteiger partial charge is 0.256 e. The second-order valence-corrected chi connectivity index (χ2v) is 11.5. The Balaban J connectivity index is 1.36. The van der Waals surface area contributed by atoms with E-state index in [1.165, 1.54) is 0 Å². The Hall–Kier alpha value is -3.84. The average Bonchev–Trinajstić information content (AvgIpc) is 3.29. The van der Waals surface area contributed by atoms with Crippen molar-refractivity contribution in [2.24, 2.45) is 0 Å². The highest BCUT2D eigenvalue weighted by Gasteiger charge is 2.29. The predicted molar refractivity (Wildman–Crippen MR) is 168 cm³/mol. The van der Waals surface area contributed by atoms with Crippen molar-refractivity contribution in [3.05, 3.63) is 94.5 Å². The van der Waals surface area contributed by atoms with Gasteiger partial charge in [0.2, 0.25) is 5.91 Å². The molecule has 2 fully saturated rings. The molecule has 3 aromatic rings. The van der Waals surface area contributed by atoms with Gasteiger partial charge in [-0.3, -0.25) is 14.4 Å². The summed E-state index contributed by atoms with van der Waals surface area (Å²) < 4.78 is 0. The summed E-state index contributed by atoms with van der Waals surface area (Å²) in [5.74, 6) is -0.267. The van der Waals surface area contributed by atoms with Gasteiger partial charge in [0, 0.05) is 61.2 Å². The molecule has 2 aliphatic heterocycles. The zero-order valence-corrected chi connectivity index (χ0v) is 25.0. The van der Waals surface area contributed by atoms with E-state index < -0.39 is 0 Å². The van der Waals surface area contributed by atoms with Crippen molar-refractivity contribution in [3.63, 3.8) is 0 Å². The Morgan fingerprint density at radius 1 is 0.786 bits per heavy atom. The van der Waals surface area contributed by atoms with Gasteiger partial charge in [-0.05, 0) is 80.1 Å². The lowest BCUT2D eigenvalue weighted by Gasteiger charge is -2.31. The van der Waals surface area contributed by atoms with Gasteiger partial charge in [-0.15, -0.1) is 0 Å². The van der Waals surface area contributed by atoms with Gasteiger partial charge < -0.3 is 20.0 Å². The van der Waals surface area contributed by atoms with Crippen LogP contribution < -0.4 is 10.2 Å². The second-order valence-electron chi connectivity index (χ2n) is 11.1. The van der Waals surface area contributed by atoms with Gasteiger partial charge in [0.15, 0.2) is 0 Å². The van der Waals surface area contributed by atoms with Gasteiger partial charge in [-0.1, -0.05) is 48.9 Å². The van der Waals surface area contributed by atoms with Crippen molar-refractivity contribution in [1.29, 1.82) is 0 Å². The number of nitrogens with one attached hydrogen (secondary N) is 1. The molecule has 0 unspecified atom stereocenters. The Labute approximate surface area is 253 Å². The van der Waals surface area contributed by atoms with Crippen LogP contribution in [-0.2, 0) is 4.79 Å². The fourth-order valence-corrected chi connectivity index (χ4v) is 6.10. The molecular weight excluding hydrogens is 548 g/mol. The number of amides is 3. The molecule has 42 heavy (non-hydrogen) atoms. The molecule has 2 aliphatic rings. The summed E-state index contributed by atoms with van der Waals surface area (Å²) in [5, 5.41) is 3.51. The van der Waals surface area contributed by atoms with E-state index in [1.807, 2.05) is 52.3 Å². The number of carbonyl (C=O) groups is 3. The third kappa shape index (κ3) is 6.96. The summed E-state index contributed by atoms with van der Waals surface area (Å²) in [7, 11) is 0. The molecule has 0 aromatic heterocycles. The number of hydrogen-bond donors (Lipinski definition) is 1. The van der Waals surface area contributed by atoms with Crippen LogP contribution in [0, 0.1) is 0 Å². The van der Waals surface area contributed by atoms with Crippen molar-refractivity contribution in [2.75, 3.05) is 49.5 Å². The molecule has 0 bridgehead atoms. The van der Waals surface area contributed by atoms with Crippen LogP contribution in [0.2, 0.25) is 5.02 Å². The van der Waals surface area contributed by atoms with E-state index in [2.05, 4.69) is 17.1 Å². The average molecular weight is 587 g/mol. The summed E-state index contributed by atoms with van der Waals surface area (Å²) in [6, 6.07) is 22.3. The Morgan fingerprint density at radius 3 is 2.21 bits per heavy atom. The van der Waals surface area contributed by atoms with E-state index in [4.69, 9.17) is 11.6 Å². The van der Waals surface area contributed by atoms with Crippen LogP contribution in [0.5, 0.6) is 0 Å². The molecule has 220 valence electrons. The van der Waals surface area contributed by atoms with E-state index >= 15 is 0 Å². The first-order valence-electron chi connectivity index (χ1n) is 15.0. The maximum Gasteiger partial charge on any atom is 0.256 e. The third-order valence-corrected chi connectivity index (χ3v) is 8.54. The van der Waals surface area contributed by atoms with Crippen LogP contribution >= 0.6 is 11.6 Å². The van der Waals surface area contributed by atoms with E-state index in [0.29, 0.717) is 41.5 Å². The van der Waals surface area contributed by atoms with Crippen molar-refractivity contribution in [3.8, 4) is 0 Å². The number of nitrogens with zero attached hydrogens (tertiary/aromatic N) is 3. The number of benzene rings is 3. The Bertz CT molecular complexity index is 1390. The molecule has 2 heterocycles. The highest BCUT2D eigenvalue weighted by molar-refractivity contribution is 6.30. The van der Waals surface area contributed by atoms with Crippen molar-refractivity contribution < 1.29 is 14.4 Å². The first-order chi connectivity index (χ1) is 20.4. The van der Waals surface area contributed by atoms with Gasteiger partial charge >= 0.3 is 0 Å². The molecule has 3 amide bonds. The highest BCUT2D eigenvalue weighted by atomic mass is 35.5. The molecule has 8 heteroatoms. The van der Waals surface area contributed by atoms with Crippen LogP contribution in [0.15, 0.2) is 72.8 Å². The lowest BCUT2D eigenvalue weighted by atomic mass is 9.95. The minimum atomic E-state index is -0.261. The van der Waals surface area contributed by atoms with Gasteiger partial charge in [0.1, 0.15) is 0 Å². The summed E-state index contributed by atoms with van der Waals surface area (Å²) in [5.41, 5.74) is 3.54. The molecule has 1 N–H and O–H groups in total. The number of anilines is 2. The predicted octanol–water partition coefficient (Wildman–Crippen LogP) is 6.45. The van der Waals surface area contributed by atoms with Crippen molar-refractivity contribution in [2.45, 2.75) is 44.9 Å². The number of likely N-dealkylation sites (tertiary alicyclic amines) is 1. The number of rotatable bonds is 7. The summed E-state index contributed by atoms with van der Waals surface area (Å²) in [6.07, 6.45) is 4.68. The molecule has 3 aromatic carbocycles. The molecule has 0 spiro atoms. The maximum absolute atomic E-state index is 13.9. The third-order valence-electron chi connectivity index (χ3n) is 8.29. The van der Waals surface area contributed by atoms with Gasteiger partial charge in [0.25, 0.3) is 11.8 Å². The van der Waals surface area contributed by atoms with Crippen LogP contribution in [0.3, 0.4) is 0 Å². The van der Waals surface area contributed by atoms with Crippen LogP contribution in [0.4, 0.5) is 11.4 Å². The fraction of sp³-hybridized carbons (Fsp3) is 0.382. The Kier molecular flexibility index (Phi) is 9.80. The monoisotopic (exact) mass is 586 g/mol. The first kappa shape index (κ1) is 29.6. The molecule has 5 rings (SSSR count). The van der Waals surface area contributed by atoms with Crippen molar-refractivity contribution in [1.82, 2.24) is 9.80 Å². The van der Waals surface area contributed by atoms with Gasteiger partial charge in [0.05, 0.1) is 11.5 Å². The first-order valence-corrected chi connectivity index (χ1v) is 15.4. The topological polar surface area (TPSA) is 73.0 Å². The van der Waals surface area contributed by atoms with Gasteiger partial charge in [-0.25, -0.2) is 0 Å². The van der Waals surface area contributed by atoms with Crippen LogP contribution in [-0.4, -0.2) is 66.8 Å². The molecule has 0 saturated carbocycles. The minimum absolute atomic E-state index is 0.0143. The number of carbonyl (C=O) groups excluding carboxylic acids is 3. The summed E-state index contributed by atoms with van der Waals surface area (Å²) in [4.78, 5) is 46.5. The standard InChI is InChI=1S/C34H39ClN4O3/c1-2-29(25-10-5-3-6-11-25)33(41)39-21-9-20-37(22-23-39)31-17-16-28(36-32(40)26-12-14-27(35)15-13-26)24-30(31)34(42)38-18-7-4-8-19-38/h3,5-6,10-17,24,29H,2,4,7-9,18-23H2,1H3,(H,36,40)/t29-/m1/s1. The quantitative estimate of drug-likeness (QED) is 0.345. The van der Waals surface area contributed by atoms with E-state index in [9.17, 15) is 14.4 Å². The second kappa shape index (κ2) is 13.9. The SMILES string of the molecule is CC[C@@H](C(=O)N1CCCN(c2ccc(NC(=O)c3ccc(Cl)cc3)cc2C(=O)N2CCCCC2)CC1)c1ccccc1. The highest BCUT2D eigenvalue weighted by Crippen LogP contribution is 2.29. The molecule has 0 aliphatic carbocycles. The van der Waals surface area contributed by atoms with Crippen molar-refractivity contribution >= 4 is 40.7 Å². The normalized spacial score (nSPS) is 16.5. The van der Waals surface area contributed by atoms with Crippen LogP contribution in [0.1, 0.15) is 71.2 Å². The lowest BCUT2D eigenvalue weighted by Crippen LogP contribution is -2.39. The van der Waals surface area contributed by atoms with Gasteiger partial charge in [-0.2, -0.15) is 0 Å². The Morgan fingerprint density at radius 2 is 1.50 bits per heavy atom. The maximum atomic E-state index is 13.9. The number of piperidine rings is 1.